The van der Waals surface area contributed by atoms with Gasteiger partial charge in [0.05, 0.1) is 16.9 Å². The average Bonchev–Trinajstić information content (AvgIpc) is 2.76. The van der Waals surface area contributed by atoms with Gasteiger partial charge in [-0.1, -0.05) is 47.4 Å². The molecular weight excluding hydrogens is 415 g/mol. The van der Waals surface area contributed by atoms with Crippen molar-refractivity contribution in [2.24, 2.45) is 0 Å². The summed E-state index contributed by atoms with van der Waals surface area (Å²) in [6.45, 7) is 0. The topological polar surface area (TPSA) is 74.0 Å². The Bertz CT molecular complexity index is 1320. The van der Waals surface area contributed by atoms with Crippen molar-refractivity contribution in [3.05, 3.63) is 107 Å². The van der Waals surface area contributed by atoms with Crippen LogP contribution in [0.15, 0.2) is 90.0 Å². The van der Waals surface area contributed by atoms with E-state index in [1.54, 1.807) is 30.5 Å². The standard InChI is InChI=1S/C24H19FN2O3S/c1-31(29,30)21-13-9-18(10-14-21)22-16-26-23(15-17-5-3-2-4-6-17)27(28)24(22)19-7-11-20(25)12-8-19/h2-14,16H,15H2,1H3. The van der Waals surface area contributed by atoms with E-state index >= 15 is 0 Å². The first-order chi connectivity index (χ1) is 14.8. The molecule has 0 spiro atoms. The lowest BCUT2D eigenvalue weighted by Gasteiger charge is -2.16. The van der Waals surface area contributed by atoms with Crippen LogP contribution in [0.3, 0.4) is 0 Å². The quantitative estimate of drug-likeness (QED) is 0.349. The van der Waals surface area contributed by atoms with Crippen LogP contribution in [0.1, 0.15) is 11.4 Å². The molecule has 0 bridgehead atoms. The summed E-state index contributed by atoms with van der Waals surface area (Å²) in [5.41, 5.74) is 2.96. The maximum absolute atomic E-state index is 13.5. The Morgan fingerprint density at radius 1 is 0.903 bits per heavy atom. The lowest BCUT2D eigenvalue weighted by Crippen LogP contribution is -2.36. The molecule has 0 amide bonds. The first-order valence-electron chi connectivity index (χ1n) is 9.55. The maximum Gasteiger partial charge on any atom is 0.306 e. The maximum atomic E-state index is 13.5. The van der Waals surface area contributed by atoms with Crippen molar-refractivity contribution in [2.75, 3.05) is 6.26 Å². The lowest BCUT2D eigenvalue weighted by atomic mass is 10.00. The molecule has 0 fully saturated rings. The summed E-state index contributed by atoms with van der Waals surface area (Å²) in [6.07, 6.45) is 3.07. The van der Waals surface area contributed by atoms with E-state index in [1.807, 2.05) is 30.3 Å². The molecule has 5 nitrogen and oxygen atoms in total. The largest absolute Gasteiger partial charge is 0.710 e. The summed E-state index contributed by atoms with van der Waals surface area (Å²) in [5.74, 6) is -0.0964. The molecule has 156 valence electrons. The first kappa shape index (κ1) is 20.7. The second-order valence-electron chi connectivity index (χ2n) is 7.20. The SMILES string of the molecule is CS(=O)(=O)c1ccc(-c2cnc(Cc3ccccc3)[n+]([O-])c2-c2ccc(F)cc2)cc1. The number of rotatable bonds is 5. The zero-order valence-electron chi connectivity index (χ0n) is 16.7. The van der Waals surface area contributed by atoms with Crippen LogP contribution in [0.25, 0.3) is 22.4 Å². The fourth-order valence-corrected chi connectivity index (χ4v) is 3.99. The van der Waals surface area contributed by atoms with Crippen molar-refractivity contribution in [1.29, 1.82) is 0 Å². The molecule has 4 aromatic rings. The van der Waals surface area contributed by atoms with Crippen molar-refractivity contribution < 1.29 is 17.5 Å². The van der Waals surface area contributed by atoms with E-state index < -0.39 is 15.7 Å². The molecule has 1 aromatic heterocycles. The Morgan fingerprint density at radius 2 is 1.52 bits per heavy atom. The summed E-state index contributed by atoms with van der Waals surface area (Å²) in [6, 6.07) is 21.4. The fraction of sp³-hybridized carbons (Fsp3) is 0.0833. The van der Waals surface area contributed by atoms with E-state index in [9.17, 15) is 18.0 Å². The second-order valence-corrected chi connectivity index (χ2v) is 9.21. The van der Waals surface area contributed by atoms with Crippen molar-refractivity contribution in [3.63, 3.8) is 0 Å². The molecule has 7 heteroatoms. The van der Waals surface area contributed by atoms with E-state index in [4.69, 9.17) is 0 Å². The van der Waals surface area contributed by atoms with Crippen LogP contribution < -0.4 is 4.73 Å². The highest BCUT2D eigenvalue weighted by molar-refractivity contribution is 7.90. The van der Waals surface area contributed by atoms with Gasteiger partial charge in [-0.05, 0) is 47.5 Å². The van der Waals surface area contributed by atoms with Gasteiger partial charge in [0.15, 0.2) is 16.0 Å². The molecule has 4 rings (SSSR count). The zero-order chi connectivity index (χ0) is 22.0. The van der Waals surface area contributed by atoms with Crippen molar-refractivity contribution in [3.8, 4) is 22.4 Å². The molecule has 0 aliphatic carbocycles. The van der Waals surface area contributed by atoms with Gasteiger partial charge in [0.25, 0.3) is 0 Å². The van der Waals surface area contributed by atoms with Crippen molar-refractivity contribution >= 4 is 9.84 Å². The van der Waals surface area contributed by atoms with Crippen LogP contribution >= 0.6 is 0 Å². The van der Waals surface area contributed by atoms with Gasteiger partial charge in [-0.3, -0.25) is 0 Å². The third-order valence-electron chi connectivity index (χ3n) is 4.95. The van der Waals surface area contributed by atoms with Gasteiger partial charge in [-0.15, -0.1) is 0 Å². The van der Waals surface area contributed by atoms with Gasteiger partial charge in [-0.25, -0.2) is 17.5 Å². The van der Waals surface area contributed by atoms with E-state index in [-0.39, 0.29) is 4.90 Å². The summed E-state index contributed by atoms with van der Waals surface area (Å²) < 4.78 is 37.8. The Labute approximate surface area is 180 Å². The fourth-order valence-electron chi connectivity index (χ4n) is 3.36. The van der Waals surface area contributed by atoms with Crippen LogP contribution in [0.2, 0.25) is 0 Å². The normalized spacial score (nSPS) is 11.4. The van der Waals surface area contributed by atoms with E-state index in [2.05, 4.69) is 4.98 Å². The molecule has 0 radical (unpaired) electrons. The predicted molar refractivity (Wildman–Crippen MR) is 116 cm³/mol. The van der Waals surface area contributed by atoms with Crippen molar-refractivity contribution in [1.82, 2.24) is 4.98 Å². The number of aromatic nitrogens is 2. The summed E-state index contributed by atoms with van der Waals surface area (Å²) in [4.78, 5) is 4.57. The first-order valence-corrected chi connectivity index (χ1v) is 11.4. The summed E-state index contributed by atoms with van der Waals surface area (Å²) in [7, 11) is -3.34. The molecule has 0 atom stereocenters. The third-order valence-corrected chi connectivity index (χ3v) is 6.08. The molecule has 0 N–H and O–H groups in total. The molecule has 0 unspecified atom stereocenters. The summed E-state index contributed by atoms with van der Waals surface area (Å²) >= 11 is 0. The van der Waals surface area contributed by atoms with Crippen molar-refractivity contribution in [2.45, 2.75) is 11.3 Å². The molecule has 0 aliphatic heterocycles. The van der Waals surface area contributed by atoms with Gasteiger partial charge in [0.2, 0.25) is 0 Å². The Morgan fingerprint density at radius 3 is 2.13 bits per heavy atom. The zero-order valence-corrected chi connectivity index (χ0v) is 17.5. The third kappa shape index (κ3) is 4.46. The molecule has 0 aliphatic rings. The number of halogens is 1. The average molecular weight is 434 g/mol. The molecule has 31 heavy (non-hydrogen) atoms. The van der Waals surface area contributed by atoms with Gasteiger partial charge in [-0.2, -0.15) is 0 Å². The second kappa shape index (κ2) is 8.28. The van der Waals surface area contributed by atoms with E-state index in [1.165, 1.54) is 24.3 Å². The minimum atomic E-state index is -3.34. The highest BCUT2D eigenvalue weighted by Crippen LogP contribution is 2.30. The van der Waals surface area contributed by atoms with Gasteiger partial charge >= 0.3 is 5.82 Å². The number of sulfone groups is 1. The molecular formula is C24H19FN2O3S. The smallest absolute Gasteiger partial charge is 0.306 e. The minimum absolute atomic E-state index is 0.184. The van der Waals surface area contributed by atoms with Crippen LogP contribution in [0.4, 0.5) is 4.39 Å². The molecule has 1 heterocycles. The number of hydrogen-bond donors (Lipinski definition) is 0. The van der Waals surface area contributed by atoms with Gasteiger partial charge in [0, 0.05) is 11.8 Å². The lowest BCUT2D eigenvalue weighted by molar-refractivity contribution is -0.605. The highest BCUT2D eigenvalue weighted by atomic mass is 32.2. The number of benzene rings is 3. The minimum Gasteiger partial charge on any atom is -0.710 e. The molecule has 0 saturated heterocycles. The predicted octanol–water partition coefficient (Wildman–Crippen LogP) is 4.18. The van der Waals surface area contributed by atoms with Gasteiger partial charge in [0.1, 0.15) is 11.5 Å². The van der Waals surface area contributed by atoms with Crippen LogP contribution in [0.5, 0.6) is 0 Å². The monoisotopic (exact) mass is 434 g/mol. The number of nitrogens with zero attached hydrogens (tertiary/aromatic N) is 2. The molecule has 3 aromatic carbocycles. The van der Waals surface area contributed by atoms with Gasteiger partial charge < -0.3 is 5.21 Å². The molecule has 0 saturated carbocycles. The number of hydrogen-bond acceptors (Lipinski definition) is 4. The van der Waals surface area contributed by atoms with Crippen LogP contribution in [-0.4, -0.2) is 19.7 Å². The highest BCUT2D eigenvalue weighted by Gasteiger charge is 2.21. The van der Waals surface area contributed by atoms with E-state index in [0.717, 1.165) is 16.5 Å². The van der Waals surface area contributed by atoms with E-state index in [0.29, 0.717) is 34.6 Å². The Kier molecular flexibility index (Phi) is 5.52. The summed E-state index contributed by atoms with van der Waals surface area (Å²) in [5, 5.41) is 13.3. The Hall–Kier alpha value is -3.58. The van der Waals surface area contributed by atoms with Crippen LogP contribution in [-0.2, 0) is 16.3 Å². The Balaban J connectivity index is 1.86. The van der Waals surface area contributed by atoms with Crippen LogP contribution in [0, 0.1) is 11.0 Å².